The number of rotatable bonds is 3. The molecule has 1 rings (SSSR count). The Balaban J connectivity index is 3.01. The first-order chi connectivity index (χ1) is 10.8. The Kier molecular flexibility index (Phi) is 7.47. The highest BCUT2D eigenvalue weighted by Crippen LogP contribution is 2.18. The molecule has 7 heteroatoms. The van der Waals surface area contributed by atoms with E-state index in [1.54, 1.807) is 13.8 Å². The molecule has 0 amide bonds. The van der Waals surface area contributed by atoms with Gasteiger partial charge in [0.15, 0.2) is 0 Å². The number of esters is 3. The number of carbonyl (C=O) groups excluding carboxylic acids is 3. The predicted octanol–water partition coefficient (Wildman–Crippen LogP) is 1.05. The van der Waals surface area contributed by atoms with Crippen LogP contribution in [0.2, 0.25) is 0 Å². The summed E-state index contributed by atoms with van der Waals surface area (Å²) in [5.41, 5.74) is 0. The summed E-state index contributed by atoms with van der Waals surface area (Å²) in [5.74, 6) is -1.70. The molecule has 4 atom stereocenters. The van der Waals surface area contributed by atoms with E-state index < -0.39 is 42.3 Å². The van der Waals surface area contributed by atoms with Crippen molar-refractivity contribution >= 4 is 17.9 Å². The fourth-order valence-electron chi connectivity index (χ4n) is 2.09. The van der Waals surface area contributed by atoms with Crippen LogP contribution in [0.25, 0.3) is 0 Å². The van der Waals surface area contributed by atoms with Crippen molar-refractivity contribution in [1.82, 2.24) is 0 Å². The van der Waals surface area contributed by atoms with Gasteiger partial charge in [-0.25, -0.2) is 4.79 Å². The van der Waals surface area contributed by atoms with E-state index in [0.717, 1.165) is 0 Å². The Hall–Kier alpha value is -2.15. The van der Waals surface area contributed by atoms with Crippen LogP contribution in [0, 0.1) is 0 Å². The quantitative estimate of drug-likeness (QED) is 0.358. The zero-order valence-corrected chi connectivity index (χ0v) is 13.4. The molecule has 0 radical (unpaired) electrons. The highest BCUT2D eigenvalue weighted by atomic mass is 16.6. The average molecular weight is 326 g/mol. The lowest BCUT2D eigenvalue weighted by Crippen LogP contribution is -2.42. The maximum Gasteiger partial charge on any atom is 0.331 e. The van der Waals surface area contributed by atoms with Crippen molar-refractivity contribution in [3.8, 4) is 0 Å². The molecule has 0 aromatic rings. The van der Waals surface area contributed by atoms with Crippen LogP contribution >= 0.6 is 0 Å². The highest BCUT2D eigenvalue weighted by molar-refractivity contribution is 5.82. The second-order valence-electron chi connectivity index (χ2n) is 5.16. The van der Waals surface area contributed by atoms with Gasteiger partial charge < -0.3 is 19.3 Å². The van der Waals surface area contributed by atoms with Crippen LogP contribution in [0.4, 0.5) is 0 Å². The van der Waals surface area contributed by atoms with Gasteiger partial charge in [0.2, 0.25) is 0 Å². The van der Waals surface area contributed by atoms with Crippen LogP contribution in [0.3, 0.4) is 0 Å². The van der Waals surface area contributed by atoms with E-state index in [4.69, 9.17) is 14.2 Å². The number of hydrogen-bond acceptors (Lipinski definition) is 7. The van der Waals surface area contributed by atoms with Gasteiger partial charge in [-0.15, -0.1) is 0 Å². The molecule has 0 aromatic heterocycles. The molecule has 0 aliphatic carbocycles. The summed E-state index contributed by atoms with van der Waals surface area (Å²) in [5, 5.41) is 10.4. The summed E-state index contributed by atoms with van der Waals surface area (Å²) < 4.78 is 15.3. The standard InChI is InChI=1S/C16H22O7/c1-4-5-14(18)23-13-7-6-10(2)21-15(19)9-8-12(16(13)20)22-11(3)17/h4-7,10,12-13,16,20H,8-9H2,1-3H3/b5-4+,7-6?. The van der Waals surface area contributed by atoms with Gasteiger partial charge in [0.05, 0.1) is 0 Å². The summed E-state index contributed by atoms with van der Waals surface area (Å²) in [7, 11) is 0. The molecule has 0 saturated heterocycles. The third kappa shape index (κ3) is 6.65. The van der Waals surface area contributed by atoms with Gasteiger partial charge in [-0.2, -0.15) is 0 Å². The lowest BCUT2D eigenvalue weighted by Gasteiger charge is -2.28. The van der Waals surface area contributed by atoms with Crippen molar-refractivity contribution < 1.29 is 33.7 Å². The minimum atomic E-state index is -1.29. The Labute approximate surface area is 134 Å². The Morgan fingerprint density at radius 2 is 2.04 bits per heavy atom. The van der Waals surface area contributed by atoms with Crippen LogP contribution in [-0.2, 0) is 28.6 Å². The maximum absolute atomic E-state index is 11.6. The first-order valence-corrected chi connectivity index (χ1v) is 7.40. The molecule has 1 heterocycles. The topological polar surface area (TPSA) is 99.1 Å². The van der Waals surface area contributed by atoms with Gasteiger partial charge in [0, 0.05) is 19.4 Å². The molecule has 4 unspecified atom stereocenters. The molecule has 0 saturated carbocycles. The lowest BCUT2D eigenvalue weighted by atomic mass is 10.0. The fraction of sp³-hybridized carbons (Fsp3) is 0.562. The summed E-state index contributed by atoms with van der Waals surface area (Å²) >= 11 is 0. The lowest BCUT2D eigenvalue weighted by molar-refractivity contribution is -0.165. The molecule has 0 spiro atoms. The zero-order chi connectivity index (χ0) is 17.4. The number of cyclic esters (lactones) is 1. The normalized spacial score (nSPS) is 29.0. The molecule has 128 valence electrons. The van der Waals surface area contributed by atoms with E-state index in [2.05, 4.69) is 0 Å². The van der Waals surface area contributed by atoms with Gasteiger partial charge in [0.25, 0.3) is 0 Å². The van der Waals surface area contributed by atoms with Crippen molar-refractivity contribution in [3.63, 3.8) is 0 Å². The van der Waals surface area contributed by atoms with Crippen LogP contribution < -0.4 is 0 Å². The van der Waals surface area contributed by atoms with Crippen molar-refractivity contribution in [2.45, 2.75) is 58.0 Å². The third-order valence-corrected chi connectivity index (χ3v) is 3.11. The molecule has 0 aromatic carbocycles. The average Bonchev–Trinajstić information content (AvgIpc) is 2.46. The SMILES string of the molecule is C/C=C/C(=O)OC1C=CC(C)OC(=O)CCC(OC(C)=O)C1O. The van der Waals surface area contributed by atoms with E-state index in [1.807, 2.05) is 0 Å². The van der Waals surface area contributed by atoms with Gasteiger partial charge in [-0.1, -0.05) is 6.08 Å². The van der Waals surface area contributed by atoms with Crippen molar-refractivity contribution in [2.75, 3.05) is 0 Å². The van der Waals surface area contributed by atoms with Crippen LogP contribution in [0.1, 0.15) is 33.6 Å². The molecular weight excluding hydrogens is 304 g/mol. The van der Waals surface area contributed by atoms with Gasteiger partial charge in [-0.05, 0) is 32.4 Å². The smallest absolute Gasteiger partial charge is 0.331 e. The van der Waals surface area contributed by atoms with Crippen molar-refractivity contribution in [2.24, 2.45) is 0 Å². The second-order valence-corrected chi connectivity index (χ2v) is 5.16. The number of aliphatic hydroxyl groups excluding tert-OH is 1. The zero-order valence-electron chi connectivity index (χ0n) is 13.4. The molecule has 1 aliphatic rings. The summed E-state index contributed by atoms with van der Waals surface area (Å²) in [6.07, 6.45) is 1.86. The number of allylic oxidation sites excluding steroid dienone is 1. The molecule has 1 aliphatic heterocycles. The fourth-order valence-corrected chi connectivity index (χ4v) is 2.09. The number of aliphatic hydroxyl groups is 1. The van der Waals surface area contributed by atoms with Gasteiger partial charge in [-0.3, -0.25) is 9.59 Å². The molecule has 7 nitrogen and oxygen atoms in total. The molecule has 0 fully saturated rings. The molecule has 0 bridgehead atoms. The highest BCUT2D eigenvalue weighted by Gasteiger charge is 2.32. The minimum absolute atomic E-state index is 0.0251. The predicted molar refractivity (Wildman–Crippen MR) is 80.2 cm³/mol. The largest absolute Gasteiger partial charge is 0.460 e. The molecule has 1 N–H and O–H groups in total. The second kappa shape index (κ2) is 9.09. The number of ether oxygens (including phenoxy) is 3. The molecular formula is C16H22O7. The first kappa shape index (κ1) is 18.9. The number of hydrogen-bond donors (Lipinski definition) is 1. The van der Waals surface area contributed by atoms with Crippen LogP contribution in [0.15, 0.2) is 24.3 Å². The van der Waals surface area contributed by atoms with E-state index in [1.165, 1.54) is 31.2 Å². The van der Waals surface area contributed by atoms with Gasteiger partial charge in [0.1, 0.15) is 24.4 Å². The van der Waals surface area contributed by atoms with Crippen LogP contribution in [-0.4, -0.2) is 47.4 Å². The van der Waals surface area contributed by atoms with E-state index in [9.17, 15) is 19.5 Å². The Bertz CT molecular complexity index is 495. The molecule has 23 heavy (non-hydrogen) atoms. The maximum atomic E-state index is 11.6. The Morgan fingerprint density at radius 3 is 2.65 bits per heavy atom. The Morgan fingerprint density at radius 1 is 1.35 bits per heavy atom. The van der Waals surface area contributed by atoms with Crippen LogP contribution in [0.5, 0.6) is 0 Å². The van der Waals surface area contributed by atoms with Gasteiger partial charge >= 0.3 is 17.9 Å². The van der Waals surface area contributed by atoms with E-state index in [0.29, 0.717) is 0 Å². The van der Waals surface area contributed by atoms with Crippen molar-refractivity contribution in [1.29, 1.82) is 0 Å². The summed E-state index contributed by atoms with van der Waals surface area (Å²) in [6, 6.07) is 0. The first-order valence-electron chi connectivity index (χ1n) is 7.40. The number of carbonyl (C=O) groups is 3. The van der Waals surface area contributed by atoms with E-state index in [-0.39, 0.29) is 12.8 Å². The van der Waals surface area contributed by atoms with Crippen molar-refractivity contribution in [3.05, 3.63) is 24.3 Å². The minimum Gasteiger partial charge on any atom is -0.460 e. The van der Waals surface area contributed by atoms with E-state index >= 15 is 0 Å². The third-order valence-electron chi connectivity index (χ3n) is 3.11. The summed E-state index contributed by atoms with van der Waals surface area (Å²) in [4.78, 5) is 34.4. The monoisotopic (exact) mass is 326 g/mol. The summed E-state index contributed by atoms with van der Waals surface area (Å²) in [6.45, 7) is 4.50.